The summed E-state index contributed by atoms with van der Waals surface area (Å²) in [5.74, 6) is 2.02. The first-order chi connectivity index (χ1) is 7.16. The molecule has 2 atom stereocenters. The fraction of sp³-hybridized carbons (Fsp3) is 0.417. The number of hydrogen-bond donors (Lipinski definition) is 1. The number of rotatable bonds is 1. The van der Waals surface area contributed by atoms with E-state index >= 15 is 0 Å². The number of nitriles is 1. The predicted octanol–water partition coefficient (Wildman–Crippen LogP) is 2.13. The van der Waals surface area contributed by atoms with E-state index in [0.29, 0.717) is 5.56 Å². The van der Waals surface area contributed by atoms with Gasteiger partial charge in [-0.1, -0.05) is 19.1 Å². The summed E-state index contributed by atoms with van der Waals surface area (Å²) in [6.07, 6.45) is 0. The van der Waals surface area contributed by atoms with Gasteiger partial charge in [-0.15, -0.1) is 0 Å². The normalized spacial score (nSPS) is 30.1. The van der Waals surface area contributed by atoms with Gasteiger partial charge in [0.1, 0.15) is 5.60 Å². The van der Waals surface area contributed by atoms with Crippen molar-refractivity contribution in [2.24, 2.45) is 5.92 Å². The van der Waals surface area contributed by atoms with Crippen LogP contribution in [0.4, 0.5) is 0 Å². The highest BCUT2D eigenvalue weighted by atomic mass is 32.2. The zero-order valence-corrected chi connectivity index (χ0v) is 9.42. The van der Waals surface area contributed by atoms with Crippen molar-refractivity contribution in [1.82, 2.24) is 0 Å². The van der Waals surface area contributed by atoms with E-state index in [2.05, 4.69) is 13.0 Å². The van der Waals surface area contributed by atoms with Crippen LogP contribution < -0.4 is 0 Å². The summed E-state index contributed by atoms with van der Waals surface area (Å²) in [5, 5.41) is 19.2. The van der Waals surface area contributed by atoms with Gasteiger partial charge in [-0.2, -0.15) is 17.0 Å². The molecule has 0 bridgehead atoms. The Kier molecular flexibility index (Phi) is 2.72. The monoisotopic (exact) mass is 219 g/mol. The summed E-state index contributed by atoms with van der Waals surface area (Å²) in [5.41, 5.74) is 0.859. The Labute approximate surface area is 93.9 Å². The largest absolute Gasteiger partial charge is 0.384 e. The van der Waals surface area contributed by atoms with Crippen LogP contribution in [-0.2, 0) is 5.60 Å². The average Bonchev–Trinajstić information content (AvgIpc) is 2.61. The Morgan fingerprint density at radius 1 is 1.47 bits per heavy atom. The molecular weight excluding hydrogens is 206 g/mol. The zero-order valence-electron chi connectivity index (χ0n) is 8.60. The molecule has 0 spiro atoms. The topological polar surface area (TPSA) is 44.0 Å². The Morgan fingerprint density at radius 2 is 2.13 bits per heavy atom. The average molecular weight is 219 g/mol. The fourth-order valence-electron chi connectivity index (χ4n) is 1.87. The van der Waals surface area contributed by atoms with Crippen LogP contribution in [0.2, 0.25) is 0 Å². The van der Waals surface area contributed by atoms with E-state index in [1.165, 1.54) is 0 Å². The Morgan fingerprint density at radius 3 is 2.60 bits per heavy atom. The molecule has 0 radical (unpaired) electrons. The van der Waals surface area contributed by atoms with Crippen LogP contribution in [0.15, 0.2) is 24.3 Å². The van der Waals surface area contributed by atoms with Crippen molar-refractivity contribution in [3.05, 3.63) is 35.4 Å². The molecule has 1 N–H and O–H groups in total. The van der Waals surface area contributed by atoms with Crippen LogP contribution in [-0.4, -0.2) is 16.6 Å². The van der Waals surface area contributed by atoms with Gasteiger partial charge in [0.25, 0.3) is 0 Å². The molecule has 1 aliphatic rings. The number of aliphatic hydroxyl groups is 1. The molecule has 0 aliphatic carbocycles. The summed E-state index contributed by atoms with van der Waals surface area (Å²) in [4.78, 5) is 0. The standard InChI is InChI=1S/C12H13NOS/c1-9-7-15-8-12(9,14)11-4-2-10(6-13)3-5-11/h2-5,9,14H,7-8H2,1H3. The van der Waals surface area contributed by atoms with Crippen molar-refractivity contribution in [3.63, 3.8) is 0 Å². The third kappa shape index (κ3) is 1.75. The summed E-state index contributed by atoms with van der Waals surface area (Å²) < 4.78 is 0. The first-order valence-electron chi connectivity index (χ1n) is 4.97. The molecule has 2 unspecified atom stereocenters. The second kappa shape index (κ2) is 3.88. The molecule has 1 aromatic carbocycles. The number of nitrogens with zero attached hydrogens (tertiary/aromatic N) is 1. The molecule has 78 valence electrons. The lowest BCUT2D eigenvalue weighted by atomic mass is 9.85. The van der Waals surface area contributed by atoms with Crippen molar-refractivity contribution >= 4 is 11.8 Å². The third-order valence-electron chi connectivity index (χ3n) is 3.02. The summed E-state index contributed by atoms with van der Waals surface area (Å²) in [7, 11) is 0. The predicted molar refractivity (Wildman–Crippen MR) is 61.5 cm³/mol. The van der Waals surface area contributed by atoms with E-state index in [9.17, 15) is 5.11 Å². The van der Waals surface area contributed by atoms with Gasteiger partial charge in [0.2, 0.25) is 0 Å². The van der Waals surface area contributed by atoms with E-state index in [0.717, 1.165) is 17.1 Å². The van der Waals surface area contributed by atoms with Gasteiger partial charge in [-0.3, -0.25) is 0 Å². The van der Waals surface area contributed by atoms with Crippen LogP contribution in [0, 0.1) is 17.2 Å². The number of benzene rings is 1. The molecule has 1 saturated heterocycles. The lowest BCUT2D eigenvalue weighted by molar-refractivity contribution is 0.0234. The fourth-order valence-corrected chi connectivity index (χ4v) is 3.38. The second-order valence-corrected chi connectivity index (χ2v) is 5.06. The Bertz CT molecular complexity index is 395. The molecule has 1 aromatic rings. The molecule has 1 heterocycles. The van der Waals surface area contributed by atoms with Gasteiger partial charge in [0.05, 0.1) is 11.6 Å². The Balaban J connectivity index is 2.33. The van der Waals surface area contributed by atoms with Gasteiger partial charge in [0, 0.05) is 5.75 Å². The van der Waals surface area contributed by atoms with Crippen molar-refractivity contribution < 1.29 is 5.11 Å². The maximum absolute atomic E-state index is 10.5. The van der Waals surface area contributed by atoms with Crippen LogP contribution in [0.25, 0.3) is 0 Å². The highest BCUT2D eigenvalue weighted by molar-refractivity contribution is 7.99. The van der Waals surface area contributed by atoms with E-state index in [4.69, 9.17) is 5.26 Å². The van der Waals surface area contributed by atoms with E-state index in [1.54, 1.807) is 23.9 Å². The van der Waals surface area contributed by atoms with Gasteiger partial charge in [-0.05, 0) is 29.4 Å². The van der Waals surface area contributed by atoms with Crippen LogP contribution >= 0.6 is 11.8 Å². The molecule has 1 aliphatic heterocycles. The maximum Gasteiger partial charge on any atom is 0.102 e. The lowest BCUT2D eigenvalue weighted by Gasteiger charge is -2.27. The van der Waals surface area contributed by atoms with E-state index in [1.807, 2.05) is 12.1 Å². The van der Waals surface area contributed by atoms with Gasteiger partial charge >= 0.3 is 0 Å². The highest BCUT2D eigenvalue weighted by Gasteiger charge is 2.40. The van der Waals surface area contributed by atoms with E-state index < -0.39 is 5.60 Å². The molecule has 3 heteroatoms. The highest BCUT2D eigenvalue weighted by Crippen LogP contribution is 2.41. The SMILES string of the molecule is CC1CSCC1(O)c1ccc(C#N)cc1. The van der Waals surface area contributed by atoms with Crippen LogP contribution in [0.1, 0.15) is 18.1 Å². The Hall–Kier alpha value is -0.980. The van der Waals surface area contributed by atoms with Gasteiger partial charge in [0.15, 0.2) is 0 Å². The molecular formula is C12H13NOS. The lowest BCUT2D eigenvalue weighted by Crippen LogP contribution is -2.32. The minimum absolute atomic E-state index is 0.274. The first-order valence-corrected chi connectivity index (χ1v) is 6.13. The van der Waals surface area contributed by atoms with Crippen LogP contribution in [0.3, 0.4) is 0 Å². The van der Waals surface area contributed by atoms with Crippen molar-refractivity contribution in [3.8, 4) is 6.07 Å². The van der Waals surface area contributed by atoms with Crippen molar-refractivity contribution in [1.29, 1.82) is 5.26 Å². The molecule has 15 heavy (non-hydrogen) atoms. The van der Waals surface area contributed by atoms with Crippen LogP contribution in [0.5, 0.6) is 0 Å². The maximum atomic E-state index is 10.5. The molecule has 0 amide bonds. The molecule has 0 aromatic heterocycles. The number of thioether (sulfide) groups is 1. The molecule has 2 rings (SSSR count). The molecule has 1 fully saturated rings. The summed E-state index contributed by atoms with van der Waals surface area (Å²) in [6.45, 7) is 2.07. The summed E-state index contributed by atoms with van der Waals surface area (Å²) in [6, 6.07) is 9.34. The van der Waals surface area contributed by atoms with Gasteiger partial charge in [-0.25, -0.2) is 0 Å². The van der Waals surface area contributed by atoms with Crippen molar-refractivity contribution in [2.75, 3.05) is 11.5 Å². The summed E-state index contributed by atoms with van der Waals surface area (Å²) >= 11 is 1.78. The second-order valence-electron chi connectivity index (χ2n) is 4.03. The quantitative estimate of drug-likeness (QED) is 0.787. The molecule has 2 nitrogen and oxygen atoms in total. The van der Waals surface area contributed by atoms with Crippen molar-refractivity contribution in [2.45, 2.75) is 12.5 Å². The smallest absolute Gasteiger partial charge is 0.102 e. The minimum Gasteiger partial charge on any atom is -0.384 e. The van der Waals surface area contributed by atoms with E-state index in [-0.39, 0.29) is 5.92 Å². The number of hydrogen-bond acceptors (Lipinski definition) is 3. The minimum atomic E-state index is -0.710. The van der Waals surface area contributed by atoms with Gasteiger partial charge < -0.3 is 5.11 Å². The molecule has 0 saturated carbocycles. The third-order valence-corrected chi connectivity index (χ3v) is 4.40. The zero-order chi connectivity index (χ0) is 10.9. The first kappa shape index (κ1) is 10.5.